The molecule has 1 atom stereocenters. The highest BCUT2D eigenvalue weighted by molar-refractivity contribution is 5.43. The largest absolute Gasteiger partial charge is 0.496 e. The van der Waals surface area contributed by atoms with Crippen molar-refractivity contribution in [2.75, 3.05) is 20.8 Å². The third-order valence-electron chi connectivity index (χ3n) is 3.68. The van der Waals surface area contributed by atoms with E-state index in [0.29, 0.717) is 5.92 Å². The van der Waals surface area contributed by atoms with Crippen LogP contribution in [0.25, 0.3) is 0 Å². The van der Waals surface area contributed by atoms with E-state index in [2.05, 4.69) is 51.8 Å². The molecule has 19 heavy (non-hydrogen) atoms. The number of hydrogen-bond donors (Lipinski definition) is 1. The van der Waals surface area contributed by atoms with Crippen LogP contribution in [0.3, 0.4) is 0 Å². The predicted octanol–water partition coefficient (Wildman–Crippen LogP) is 2.76. The van der Waals surface area contributed by atoms with Crippen LogP contribution in [-0.4, -0.2) is 36.8 Å². The molecule has 1 aromatic rings. The van der Waals surface area contributed by atoms with Crippen LogP contribution in [0.5, 0.6) is 5.75 Å². The lowest BCUT2D eigenvalue weighted by molar-refractivity contribution is 0.108. The van der Waals surface area contributed by atoms with Gasteiger partial charge in [-0.2, -0.15) is 0 Å². The number of hydrogen-bond acceptors (Lipinski definition) is 3. The lowest BCUT2D eigenvalue weighted by Gasteiger charge is -2.30. The number of aliphatic hydroxyl groups excluding tert-OH is 1. The average Bonchev–Trinajstić information content (AvgIpc) is 2.28. The van der Waals surface area contributed by atoms with E-state index in [1.54, 1.807) is 7.11 Å². The molecule has 0 saturated carbocycles. The topological polar surface area (TPSA) is 32.7 Å². The minimum atomic E-state index is 0.197. The number of nitrogens with zero attached hydrogens (tertiary/aromatic N) is 1. The summed E-state index contributed by atoms with van der Waals surface area (Å²) in [6.45, 7) is 9.46. The molecule has 0 bridgehead atoms. The summed E-state index contributed by atoms with van der Waals surface area (Å²) in [5.41, 5.74) is 3.59. The Labute approximate surface area is 117 Å². The Morgan fingerprint density at radius 1 is 1.21 bits per heavy atom. The Balaban J connectivity index is 2.88. The first kappa shape index (κ1) is 16.0. The molecular weight excluding hydrogens is 238 g/mol. The maximum atomic E-state index is 9.47. The summed E-state index contributed by atoms with van der Waals surface area (Å²) in [5, 5.41) is 9.47. The number of methoxy groups -OCH3 is 1. The summed E-state index contributed by atoms with van der Waals surface area (Å²) in [7, 11) is 3.78. The summed E-state index contributed by atoms with van der Waals surface area (Å²) >= 11 is 0. The van der Waals surface area contributed by atoms with Crippen molar-refractivity contribution in [1.82, 2.24) is 4.90 Å². The summed E-state index contributed by atoms with van der Waals surface area (Å²) in [5.74, 6) is 1.41. The van der Waals surface area contributed by atoms with Crippen molar-refractivity contribution in [1.29, 1.82) is 0 Å². The van der Waals surface area contributed by atoms with Gasteiger partial charge in [0.1, 0.15) is 5.75 Å². The third kappa shape index (κ3) is 3.95. The first-order valence-corrected chi connectivity index (χ1v) is 6.85. The van der Waals surface area contributed by atoms with Crippen molar-refractivity contribution in [2.24, 2.45) is 5.92 Å². The van der Waals surface area contributed by atoms with E-state index in [1.165, 1.54) is 5.56 Å². The molecule has 3 nitrogen and oxygen atoms in total. The molecule has 0 spiro atoms. The zero-order valence-electron chi connectivity index (χ0n) is 13.0. The van der Waals surface area contributed by atoms with Crippen LogP contribution >= 0.6 is 0 Å². The summed E-state index contributed by atoms with van der Waals surface area (Å²) < 4.78 is 5.39. The van der Waals surface area contributed by atoms with Gasteiger partial charge in [-0.1, -0.05) is 26.0 Å². The second-order valence-corrected chi connectivity index (χ2v) is 5.67. The first-order chi connectivity index (χ1) is 8.90. The number of likely N-dealkylation sites (N-methyl/N-ethyl adjacent to an activating group) is 1. The van der Waals surface area contributed by atoms with Crippen molar-refractivity contribution < 1.29 is 9.84 Å². The quantitative estimate of drug-likeness (QED) is 0.858. The fourth-order valence-corrected chi connectivity index (χ4v) is 2.72. The molecule has 1 aromatic carbocycles. The lowest BCUT2D eigenvalue weighted by Crippen LogP contribution is -2.38. The van der Waals surface area contributed by atoms with Crippen LogP contribution in [0.4, 0.5) is 0 Å². The highest BCUT2D eigenvalue weighted by Gasteiger charge is 2.18. The van der Waals surface area contributed by atoms with E-state index >= 15 is 0 Å². The molecule has 1 N–H and O–H groups in total. The SMILES string of the molecule is COc1c(C)cc(CN(C)C(CO)C(C)C)cc1C. The van der Waals surface area contributed by atoms with Crippen molar-refractivity contribution in [3.8, 4) is 5.75 Å². The van der Waals surface area contributed by atoms with Gasteiger partial charge in [-0.15, -0.1) is 0 Å². The van der Waals surface area contributed by atoms with Crippen molar-refractivity contribution in [3.63, 3.8) is 0 Å². The van der Waals surface area contributed by atoms with Crippen LogP contribution in [0.1, 0.15) is 30.5 Å². The fourth-order valence-electron chi connectivity index (χ4n) is 2.72. The van der Waals surface area contributed by atoms with Gasteiger partial charge in [0.05, 0.1) is 13.7 Å². The number of aryl methyl sites for hydroxylation is 2. The lowest BCUT2D eigenvalue weighted by atomic mass is 10.0. The summed E-state index contributed by atoms with van der Waals surface area (Å²) in [6, 6.07) is 4.52. The van der Waals surface area contributed by atoms with E-state index in [-0.39, 0.29) is 12.6 Å². The molecule has 0 saturated heterocycles. The minimum absolute atomic E-state index is 0.197. The number of rotatable bonds is 6. The molecule has 3 heteroatoms. The van der Waals surface area contributed by atoms with E-state index in [0.717, 1.165) is 23.4 Å². The number of benzene rings is 1. The monoisotopic (exact) mass is 265 g/mol. The standard InChI is InChI=1S/C16H27NO2/c1-11(2)15(10-18)17(5)9-14-7-12(3)16(19-6)13(4)8-14/h7-8,11,15,18H,9-10H2,1-6H3. The molecule has 0 aromatic heterocycles. The Bertz CT molecular complexity index is 392. The highest BCUT2D eigenvalue weighted by Crippen LogP contribution is 2.25. The zero-order valence-corrected chi connectivity index (χ0v) is 13.0. The Morgan fingerprint density at radius 3 is 2.11 bits per heavy atom. The molecule has 0 radical (unpaired) electrons. The average molecular weight is 265 g/mol. The van der Waals surface area contributed by atoms with Crippen LogP contribution in [0.15, 0.2) is 12.1 Å². The van der Waals surface area contributed by atoms with Crippen LogP contribution in [0.2, 0.25) is 0 Å². The second-order valence-electron chi connectivity index (χ2n) is 5.67. The van der Waals surface area contributed by atoms with E-state index in [4.69, 9.17) is 4.74 Å². The fraction of sp³-hybridized carbons (Fsp3) is 0.625. The molecule has 0 fully saturated rings. The zero-order chi connectivity index (χ0) is 14.6. The normalized spacial score (nSPS) is 13.1. The van der Waals surface area contributed by atoms with Gasteiger partial charge in [-0.05, 0) is 43.5 Å². The van der Waals surface area contributed by atoms with E-state index in [9.17, 15) is 5.11 Å². The Hall–Kier alpha value is -1.06. The molecule has 1 unspecified atom stereocenters. The van der Waals surface area contributed by atoms with Gasteiger partial charge in [0.15, 0.2) is 0 Å². The Kier molecular flexibility index (Phi) is 5.83. The predicted molar refractivity (Wildman–Crippen MR) is 79.6 cm³/mol. The summed E-state index contributed by atoms with van der Waals surface area (Å²) in [4.78, 5) is 2.21. The molecule has 108 valence electrons. The molecule has 1 rings (SSSR count). The van der Waals surface area contributed by atoms with E-state index in [1.807, 2.05) is 0 Å². The number of ether oxygens (including phenoxy) is 1. The third-order valence-corrected chi connectivity index (χ3v) is 3.68. The first-order valence-electron chi connectivity index (χ1n) is 6.85. The highest BCUT2D eigenvalue weighted by atomic mass is 16.5. The molecule has 0 aliphatic rings. The van der Waals surface area contributed by atoms with Crippen LogP contribution in [-0.2, 0) is 6.54 Å². The summed E-state index contributed by atoms with van der Waals surface area (Å²) in [6.07, 6.45) is 0. The van der Waals surface area contributed by atoms with Gasteiger partial charge in [0.25, 0.3) is 0 Å². The molecule has 0 heterocycles. The van der Waals surface area contributed by atoms with E-state index < -0.39 is 0 Å². The second kappa shape index (κ2) is 6.92. The van der Waals surface area contributed by atoms with Gasteiger partial charge >= 0.3 is 0 Å². The van der Waals surface area contributed by atoms with Gasteiger partial charge in [0.2, 0.25) is 0 Å². The molecule has 0 aliphatic carbocycles. The van der Waals surface area contributed by atoms with Crippen LogP contribution in [0, 0.1) is 19.8 Å². The molecule has 0 amide bonds. The van der Waals surface area contributed by atoms with Crippen molar-refractivity contribution >= 4 is 0 Å². The van der Waals surface area contributed by atoms with Crippen LogP contribution < -0.4 is 4.74 Å². The molecule has 0 aliphatic heterocycles. The van der Waals surface area contributed by atoms with Gasteiger partial charge < -0.3 is 9.84 Å². The van der Waals surface area contributed by atoms with Gasteiger partial charge in [-0.3, -0.25) is 4.90 Å². The maximum absolute atomic E-state index is 9.47. The van der Waals surface area contributed by atoms with Crippen molar-refractivity contribution in [2.45, 2.75) is 40.3 Å². The van der Waals surface area contributed by atoms with Gasteiger partial charge in [0, 0.05) is 12.6 Å². The number of aliphatic hydroxyl groups is 1. The van der Waals surface area contributed by atoms with Gasteiger partial charge in [-0.25, -0.2) is 0 Å². The smallest absolute Gasteiger partial charge is 0.124 e. The van der Waals surface area contributed by atoms with Crippen molar-refractivity contribution in [3.05, 3.63) is 28.8 Å². The Morgan fingerprint density at radius 2 is 1.74 bits per heavy atom. The maximum Gasteiger partial charge on any atom is 0.124 e. The molecular formula is C16H27NO2. The minimum Gasteiger partial charge on any atom is -0.496 e.